The van der Waals surface area contributed by atoms with Crippen molar-refractivity contribution in [3.05, 3.63) is 82.4 Å². The molecular weight excluding hydrogens is 376 g/mol. The van der Waals surface area contributed by atoms with E-state index in [4.69, 9.17) is 10.1 Å². The molecule has 2 aromatic rings. The second kappa shape index (κ2) is 8.78. The van der Waals surface area contributed by atoms with Crippen LogP contribution in [-0.2, 0) is 9.53 Å². The van der Waals surface area contributed by atoms with Crippen LogP contribution in [-0.4, -0.2) is 24.5 Å². The van der Waals surface area contributed by atoms with Crippen LogP contribution in [0.1, 0.15) is 29.2 Å². The molecule has 1 aliphatic heterocycles. The number of carbonyl (C=O) groups is 1. The Morgan fingerprint density at radius 2 is 1.70 bits per heavy atom. The van der Waals surface area contributed by atoms with E-state index in [0.717, 1.165) is 27.9 Å². The number of allylic oxidation sites excluding steroid dienone is 1. The van der Waals surface area contributed by atoms with E-state index in [0.29, 0.717) is 22.9 Å². The summed E-state index contributed by atoms with van der Waals surface area (Å²) in [4.78, 5) is 16.8. The van der Waals surface area contributed by atoms with Gasteiger partial charge in [0, 0.05) is 23.0 Å². The molecule has 6 nitrogen and oxygen atoms in total. The molecule has 30 heavy (non-hydrogen) atoms. The van der Waals surface area contributed by atoms with Crippen LogP contribution in [0, 0.1) is 26.2 Å². The maximum absolute atomic E-state index is 12.3. The number of benzene rings is 2. The summed E-state index contributed by atoms with van der Waals surface area (Å²) in [6.07, 6.45) is 1.61. The summed E-state index contributed by atoms with van der Waals surface area (Å²) in [7, 11) is 1.32. The van der Waals surface area contributed by atoms with Gasteiger partial charge in [-0.2, -0.15) is 0 Å². The first-order valence-corrected chi connectivity index (χ1v) is 9.66. The smallest absolute Gasteiger partial charge is 0.356 e. The van der Waals surface area contributed by atoms with Crippen LogP contribution < -0.4 is 10.6 Å². The molecule has 2 aromatic carbocycles. The molecule has 0 bridgehead atoms. The van der Waals surface area contributed by atoms with E-state index in [9.17, 15) is 4.79 Å². The molecule has 0 saturated carbocycles. The molecule has 0 amide bonds. The summed E-state index contributed by atoms with van der Waals surface area (Å²) < 4.78 is 4.90. The standard InChI is InChI=1S/C24H26N4O2/c1-14-9-11-18(12-10-14)26-20-13-19(24(29)30-5)27-23(28-20)22(17(4)25)21-15(2)7-6-8-16(21)3/h6-13,25-26,28H,1-5H3/b23-22+,25-17?. The molecule has 0 saturated heterocycles. The molecule has 0 aromatic heterocycles. The number of methoxy groups -OCH3 is 1. The Labute approximate surface area is 176 Å². The first-order valence-electron chi connectivity index (χ1n) is 9.66. The largest absolute Gasteiger partial charge is 0.464 e. The van der Waals surface area contributed by atoms with Crippen LogP contribution in [0.15, 0.2) is 65.2 Å². The summed E-state index contributed by atoms with van der Waals surface area (Å²) in [5, 5.41) is 15.0. The van der Waals surface area contributed by atoms with Crippen molar-refractivity contribution in [3.8, 4) is 0 Å². The van der Waals surface area contributed by atoms with Crippen LogP contribution >= 0.6 is 0 Å². The first kappa shape index (κ1) is 21.0. The van der Waals surface area contributed by atoms with Gasteiger partial charge in [-0.05, 0) is 56.5 Å². The Morgan fingerprint density at radius 1 is 1.07 bits per heavy atom. The van der Waals surface area contributed by atoms with Crippen molar-refractivity contribution in [3.63, 3.8) is 0 Å². The van der Waals surface area contributed by atoms with Crippen LogP contribution in [0.3, 0.4) is 0 Å². The lowest BCUT2D eigenvalue weighted by Gasteiger charge is -2.23. The van der Waals surface area contributed by atoms with E-state index in [1.807, 2.05) is 63.2 Å². The van der Waals surface area contributed by atoms with Gasteiger partial charge in [0.05, 0.1) is 7.11 Å². The zero-order valence-electron chi connectivity index (χ0n) is 17.9. The third-order valence-corrected chi connectivity index (χ3v) is 4.83. The topological polar surface area (TPSA) is 86.6 Å². The second-order valence-corrected chi connectivity index (χ2v) is 7.28. The minimum absolute atomic E-state index is 0.158. The fourth-order valence-electron chi connectivity index (χ4n) is 3.36. The molecule has 0 fully saturated rings. The fraction of sp³-hybridized carbons (Fsp3) is 0.208. The molecule has 6 heteroatoms. The van der Waals surface area contributed by atoms with Gasteiger partial charge >= 0.3 is 5.97 Å². The van der Waals surface area contributed by atoms with Crippen LogP contribution in [0.25, 0.3) is 5.57 Å². The second-order valence-electron chi connectivity index (χ2n) is 7.28. The first-order chi connectivity index (χ1) is 14.3. The predicted molar refractivity (Wildman–Crippen MR) is 122 cm³/mol. The molecule has 0 atom stereocenters. The van der Waals surface area contributed by atoms with E-state index >= 15 is 0 Å². The third kappa shape index (κ3) is 4.49. The van der Waals surface area contributed by atoms with Gasteiger partial charge < -0.3 is 20.8 Å². The predicted octanol–water partition coefficient (Wildman–Crippen LogP) is 4.49. The van der Waals surface area contributed by atoms with E-state index in [2.05, 4.69) is 15.6 Å². The number of anilines is 1. The van der Waals surface area contributed by atoms with E-state index in [1.165, 1.54) is 7.11 Å². The molecule has 3 N–H and O–H groups in total. The van der Waals surface area contributed by atoms with Crippen molar-refractivity contribution in [2.45, 2.75) is 27.7 Å². The number of ether oxygens (including phenoxy) is 1. The maximum atomic E-state index is 12.3. The Morgan fingerprint density at radius 3 is 2.27 bits per heavy atom. The molecule has 154 valence electrons. The van der Waals surface area contributed by atoms with Gasteiger partial charge in [0.25, 0.3) is 0 Å². The van der Waals surface area contributed by atoms with Gasteiger partial charge in [0.2, 0.25) is 0 Å². The van der Waals surface area contributed by atoms with E-state index in [-0.39, 0.29) is 5.71 Å². The fourth-order valence-corrected chi connectivity index (χ4v) is 3.36. The Kier molecular flexibility index (Phi) is 6.16. The molecule has 0 aliphatic carbocycles. The van der Waals surface area contributed by atoms with Crippen LogP contribution in [0.2, 0.25) is 0 Å². The summed E-state index contributed by atoms with van der Waals surface area (Å²) in [6.45, 7) is 7.74. The zero-order chi connectivity index (χ0) is 21.8. The van der Waals surface area contributed by atoms with Crippen molar-refractivity contribution >= 4 is 28.7 Å². The molecule has 3 rings (SSSR count). The Balaban J connectivity index is 2.13. The number of hydrogen-bond acceptors (Lipinski definition) is 6. The molecule has 1 aliphatic rings. The highest BCUT2D eigenvalue weighted by Gasteiger charge is 2.23. The lowest BCUT2D eigenvalue weighted by molar-refractivity contribution is -0.132. The van der Waals surface area contributed by atoms with Gasteiger partial charge in [-0.25, -0.2) is 9.79 Å². The van der Waals surface area contributed by atoms with Crippen molar-refractivity contribution < 1.29 is 9.53 Å². The van der Waals surface area contributed by atoms with Crippen molar-refractivity contribution in [1.29, 1.82) is 5.41 Å². The van der Waals surface area contributed by atoms with Crippen LogP contribution in [0.5, 0.6) is 0 Å². The monoisotopic (exact) mass is 402 g/mol. The Bertz CT molecular complexity index is 1070. The van der Waals surface area contributed by atoms with Gasteiger partial charge in [0.1, 0.15) is 11.6 Å². The highest BCUT2D eigenvalue weighted by molar-refractivity contribution is 6.42. The minimum atomic E-state index is -0.541. The van der Waals surface area contributed by atoms with Crippen molar-refractivity contribution in [2.24, 2.45) is 4.99 Å². The van der Waals surface area contributed by atoms with Crippen LogP contribution in [0.4, 0.5) is 5.69 Å². The number of aliphatic imine (C=N–C) groups is 1. The van der Waals surface area contributed by atoms with Gasteiger partial charge in [0.15, 0.2) is 5.71 Å². The average Bonchev–Trinajstić information content (AvgIpc) is 2.71. The number of nitrogens with zero attached hydrogens (tertiary/aromatic N) is 1. The van der Waals surface area contributed by atoms with Crippen molar-refractivity contribution in [1.82, 2.24) is 5.32 Å². The number of nitrogens with one attached hydrogen (secondary N) is 3. The van der Waals surface area contributed by atoms with Gasteiger partial charge in [-0.1, -0.05) is 35.9 Å². The number of rotatable bonds is 5. The summed E-state index contributed by atoms with van der Waals surface area (Å²) >= 11 is 0. The SMILES string of the molecule is COC(=O)C1=N/C(=C(/C(C)=N)c2c(C)cccc2C)NC(Nc2ccc(C)cc2)=C1. The number of carbonyl (C=O) groups excluding carboxylic acids is 1. The number of esters is 1. The third-order valence-electron chi connectivity index (χ3n) is 4.83. The summed E-state index contributed by atoms with van der Waals surface area (Å²) in [5.74, 6) is 0.465. The van der Waals surface area contributed by atoms with Gasteiger partial charge in [-0.15, -0.1) is 0 Å². The Hall–Kier alpha value is -3.67. The van der Waals surface area contributed by atoms with E-state index < -0.39 is 5.97 Å². The molecule has 1 heterocycles. The highest BCUT2D eigenvalue weighted by Crippen LogP contribution is 2.28. The summed E-state index contributed by atoms with van der Waals surface area (Å²) in [5.41, 5.74) is 6.16. The number of aryl methyl sites for hydroxylation is 3. The summed E-state index contributed by atoms with van der Waals surface area (Å²) in [6, 6.07) is 13.9. The average molecular weight is 402 g/mol. The minimum Gasteiger partial charge on any atom is -0.464 e. The van der Waals surface area contributed by atoms with Crippen molar-refractivity contribution in [2.75, 3.05) is 12.4 Å². The quantitative estimate of drug-likeness (QED) is 0.508. The molecule has 0 radical (unpaired) electrons. The zero-order valence-corrected chi connectivity index (χ0v) is 17.9. The maximum Gasteiger partial charge on any atom is 0.356 e. The lowest BCUT2D eigenvalue weighted by atomic mass is 9.92. The normalized spacial score (nSPS) is 14.8. The van der Waals surface area contributed by atoms with E-state index in [1.54, 1.807) is 13.0 Å². The highest BCUT2D eigenvalue weighted by atomic mass is 16.5. The number of hydrogen-bond donors (Lipinski definition) is 3. The lowest BCUT2D eigenvalue weighted by Crippen LogP contribution is -2.29. The molecular formula is C24H26N4O2. The molecule has 0 spiro atoms. The molecule has 0 unspecified atom stereocenters. The van der Waals surface area contributed by atoms with Gasteiger partial charge in [-0.3, -0.25) is 0 Å².